The molecule has 0 radical (unpaired) electrons. The van der Waals surface area contributed by atoms with Crippen LogP contribution in [-0.2, 0) is 0 Å². The molecule has 0 saturated heterocycles. The van der Waals surface area contributed by atoms with Crippen molar-refractivity contribution >= 4 is 17.1 Å². The average Bonchev–Trinajstić information content (AvgIpc) is 2.41. The minimum atomic E-state index is -1.07. The number of aromatic carboxylic acids is 1. The van der Waals surface area contributed by atoms with Gasteiger partial charge < -0.3 is 9.52 Å². The molecule has 0 fully saturated rings. The molecule has 0 aliphatic carbocycles. The number of hydrogen-bond acceptors (Lipinski definition) is 3. The SMILES string of the molecule is O=C(O)c1[nH]nc2ccoc12. The molecule has 5 nitrogen and oxygen atoms in total. The number of aromatic nitrogens is 2. The number of fused-ring (bicyclic) bond motifs is 1. The summed E-state index contributed by atoms with van der Waals surface area (Å²) in [5.74, 6) is -1.07. The summed E-state index contributed by atoms with van der Waals surface area (Å²) in [5.41, 5.74) is 0.810. The number of furan rings is 1. The number of H-pyrrole nitrogens is 1. The van der Waals surface area contributed by atoms with E-state index in [1.807, 2.05) is 0 Å². The van der Waals surface area contributed by atoms with Crippen LogP contribution in [-0.4, -0.2) is 21.3 Å². The summed E-state index contributed by atoms with van der Waals surface area (Å²) in [6.45, 7) is 0. The fraction of sp³-hybridized carbons (Fsp3) is 0. The van der Waals surface area contributed by atoms with E-state index in [0.717, 1.165) is 0 Å². The van der Waals surface area contributed by atoms with Crippen LogP contribution in [0.4, 0.5) is 0 Å². The van der Waals surface area contributed by atoms with Gasteiger partial charge in [0.1, 0.15) is 5.52 Å². The van der Waals surface area contributed by atoms with E-state index in [4.69, 9.17) is 9.52 Å². The van der Waals surface area contributed by atoms with E-state index in [1.165, 1.54) is 6.26 Å². The monoisotopic (exact) mass is 152 g/mol. The Balaban J connectivity index is 2.78. The molecule has 2 heterocycles. The lowest BCUT2D eigenvalue weighted by atomic mass is 10.4. The zero-order valence-corrected chi connectivity index (χ0v) is 5.37. The summed E-state index contributed by atoms with van der Waals surface area (Å²) >= 11 is 0. The molecule has 0 aromatic carbocycles. The third-order valence-electron chi connectivity index (χ3n) is 1.37. The van der Waals surface area contributed by atoms with Gasteiger partial charge in [-0.15, -0.1) is 0 Å². The molecule has 11 heavy (non-hydrogen) atoms. The van der Waals surface area contributed by atoms with Crippen molar-refractivity contribution in [3.8, 4) is 0 Å². The number of carbonyl (C=O) groups is 1. The van der Waals surface area contributed by atoms with Gasteiger partial charge in [-0.1, -0.05) is 0 Å². The summed E-state index contributed by atoms with van der Waals surface area (Å²) < 4.78 is 4.88. The fourth-order valence-corrected chi connectivity index (χ4v) is 0.889. The molecule has 0 spiro atoms. The topological polar surface area (TPSA) is 79.1 Å². The van der Waals surface area contributed by atoms with Gasteiger partial charge in [0, 0.05) is 6.07 Å². The Labute approximate surface area is 60.6 Å². The second kappa shape index (κ2) is 1.85. The second-order valence-electron chi connectivity index (χ2n) is 2.04. The molecule has 0 aliphatic heterocycles. The molecule has 0 saturated carbocycles. The number of nitrogens with zero attached hydrogens (tertiary/aromatic N) is 1. The molecule has 2 N–H and O–H groups in total. The van der Waals surface area contributed by atoms with Crippen LogP contribution in [0.1, 0.15) is 10.5 Å². The Hall–Kier alpha value is -1.78. The zero-order chi connectivity index (χ0) is 7.84. The lowest BCUT2D eigenvalue weighted by molar-refractivity contribution is 0.0691. The molecular weight excluding hydrogens is 148 g/mol. The van der Waals surface area contributed by atoms with Crippen molar-refractivity contribution in [2.75, 3.05) is 0 Å². The van der Waals surface area contributed by atoms with E-state index in [1.54, 1.807) is 6.07 Å². The highest BCUT2D eigenvalue weighted by atomic mass is 16.4. The highest BCUT2D eigenvalue weighted by molar-refractivity contribution is 5.97. The largest absolute Gasteiger partial charge is 0.476 e. The Morgan fingerprint density at radius 2 is 2.55 bits per heavy atom. The van der Waals surface area contributed by atoms with Crippen LogP contribution in [0.25, 0.3) is 11.1 Å². The maximum Gasteiger partial charge on any atom is 0.357 e. The highest BCUT2D eigenvalue weighted by Gasteiger charge is 2.13. The number of carboxylic acids is 1. The number of nitrogens with one attached hydrogen (secondary N) is 1. The van der Waals surface area contributed by atoms with Crippen LogP contribution in [0, 0.1) is 0 Å². The Morgan fingerprint density at radius 1 is 1.73 bits per heavy atom. The molecule has 0 amide bonds. The smallest absolute Gasteiger partial charge is 0.357 e. The standard InChI is InChI=1S/C6H4N2O3/c9-6(10)4-5-3(7-8-4)1-2-11-5/h1-2H,(H,7,8)(H,9,10). The lowest BCUT2D eigenvalue weighted by Gasteiger charge is -1.82. The molecule has 0 unspecified atom stereocenters. The number of aromatic amines is 1. The predicted molar refractivity (Wildman–Crippen MR) is 35.3 cm³/mol. The van der Waals surface area contributed by atoms with Crippen LogP contribution >= 0.6 is 0 Å². The summed E-state index contributed by atoms with van der Waals surface area (Å²) in [4.78, 5) is 10.4. The maximum absolute atomic E-state index is 10.4. The fourth-order valence-electron chi connectivity index (χ4n) is 0.889. The third-order valence-corrected chi connectivity index (χ3v) is 1.37. The molecular formula is C6H4N2O3. The molecule has 5 heteroatoms. The van der Waals surface area contributed by atoms with Gasteiger partial charge in [0.2, 0.25) is 0 Å². The van der Waals surface area contributed by atoms with Gasteiger partial charge in [-0.3, -0.25) is 5.10 Å². The van der Waals surface area contributed by atoms with Gasteiger partial charge >= 0.3 is 5.97 Å². The Morgan fingerprint density at radius 3 is 3.27 bits per heavy atom. The van der Waals surface area contributed by atoms with Crippen LogP contribution < -0.4 is 0 Å². The number of carboxylic acid groups (broad SMARTS) is 1. The first-order chi connectivity index (χ1) is 5.29. The van der Waals surface area contributed by atoms with Crippen LogP contribution in [0.3, 0.4) is 0 Å². The Bertz CT molecular complexity index is 401. The van der Waals surface area contributed by atoms with Crippen molar-refractivity contribution in [3.63, 3.8) is 0 Å². The molecule has 0 aliphatic rings. The number of hydrogen-bond donors (Lipinski definition) is 2. The molecule has 0 bridgehead atoms. The van der Waals surface area contributed by atoms with Gasteiger partial charge in [0.05, 0.1) is 6.26 Å². The summed E-state index contributed by atoms with van der Waals surface area (Å²) in [7, 11) is 0. The summed E-state index contributed by atoms with van der Waals surface area (Å²) in [6.07, 6.45) is 1.40. The van der Waals surface area contributed by atoms with Gasteiger partial charge in [0.25, 0.3) is 0 Å². The van der Waals surface area contributed by atoms with E-state index < -0.39 is 5.97 Å². The molecule has 0 atom stereocenters. The van der Waals surface area contributed by atoms with Crippen molar-refractivity contribution in [1.29, 1.82) is 0 Å². The van der Waals surface area contributed by atoms with E-state index in [-0.39, 0.29) is 11.3 Å². The van der Waals surface area contributed by atoms with Crippen LogP contribution in [0.15, 0.2) is 16.7 Å². The average molecular weight is 152 g/mol. The van der Waals surface area contributed by atoms with E-state index in [9.17, 15) is 4.79 Å². The normalized spacial score (nSPS) is 10.5. The van der Waals surface area contributed by atoms with E-state index >= 15 is 0 Å². The maximum atomic E-state index is 10.4. The van der Waals surface area contributed by atoms with Crippen molar-refractivity contribution in [3.05, 3.63) is 18.0 Å². The first kappa shape index (κ1) is 5.96. The second-order valence-corrected chi connectivity index (χ2v) is 2.04. The molecule has 56 valence electrons. The highest BCUT2D eigenvalue weighted by Crippen LogP contribution is 2.15. The molecule has 2 rings (SSSR count). The molecule has 2 aromatic rings. The van der Waals surface area contributed by atoms with Crippen molar-refractivity contribution in [2.24, 2.45) is 0 Å². The van der Waals surface area contributed by atoms with Crippen LogP contribution in [0.5, 0.6) is 0 Å². The minimum Gasteiger partial charge on any atom is -0.476 e. The summed E-state index contributed by atoms with van der Waals surface area (Å²) in [5, 5.41) is 14.6. The predicted octanol–water partition coefficient (Wildman–Crippen LogP) is 0.854. The van der Waals surface area contributed by atoms with Crippen molar-refractivity contribution < 1.29 is 14.3 Å². The third kappa shape index (κ3) is 0.706. The zero-order valence-electron chi connectivity index (χ0n) is 5.37. The van der Waals surface area contributed by atoms with Crippen molar-refractivity contribution in [1.82, 2.24) is 10.2 Å². The first-order valence-corrected chi connectivity index (χ1v) is 2.94. The van der Waals surface area contributed by atoms with Gasteiger partial charge in [-0.25, -0.2) is 4.79 Å². The molecule has 2 aromatic heterocycles. The van der Waals surface area contributed by atoms with Crippen molar-refractivity contribution in [2.45, 2.75) is 0 Å². The van der Waals surface area contributed by atoms with E-state index in [2.05, 4.69) is 10.2 Å². The van der Waals surface area contributed by atoms with E-state index in [0.29, 0.717) is 5.52 Å². The van der Waals surface area contributed by atoms with Gasteiger partial charge in [-0.05, 0) is 0 Å². The number of rotatable bonds is 1. The van der Waals surface area contributed by atoms with Gasteiger partial charge in [0.15, 0.2) is 11.3 Å². The van der Waals surface area contributed by atoms with Crippen LogP contribution in [0.2, 0.25) is 0 Å². The minimum absolute atomic E-state index is 0.00926. The summed E-state index contributed by atoms with van der Waals surface area (Å²) in [6, 6.07) is 1.60. The lowest BCUT2D eigenvalue weighted by Crippen LogP contribution is -1.96. The first-order valence-electron chi connectivity index (χ1n) is 2.94. The Kier molecular flexibility index (Phi) is 1.00. The quantitative estimate of drug-likeness (QED) is 0.634. The van der Waals surface area contributed by atoms with Gasteiger partial charge in [-0.2, -0.15) is 5.10 Å².